The molecule has 0 spiro atoms. The fourth-order valence-electron chi connectivity index (χ4n) is 0.241. The summed E-state index contributed by atoms with van der Waals surface area (Å²) in [6.45, 7) is 0. The number of hydrogen-bond acceptors (Lipinski definition) is 2. The van der Waals surface area contributed by atoms with Crippen LogP contribution in [0.3, 0.4) is 0 Å². The highest BCUT2D eigenvalue weighted by Gasteiger charge is 1.86. The van der Waals surface area contributed by atoms with Crippen LogP contribution in [0.25, 0.3) is 0 Å². The predicted octanol–water partition coefficient (Wildman–Crippen LogP) is 1.55. The normalized spacial score (nSPS) is 30.5. The quantitative estimate of drug-likeness (QED) is 0.441. The van der Waals surface area contributed by atoms with Crippen LogP contribution in [0.4, 0.5) is 0 Å². The van der Waals surface area contributed by atoms with E-state index in [9.17, 15) is 0 Å². The van der Waals surface area contributed by atoms with E-state index in [1.54, 1.807) is 10.8 Å². The standard InChI is InChI=1S/C3H5NS2/c1-6-4-2-3-5-6/h2-3H,1H3. The minimum absolute atomic E-state index is 0.258. The molecule has 1 unspecified atom stereocenters. The second kappa shape index (κ2) is 1.80. The molecule has 0 aliphatic carbocycles. The summed E-state index contributed by atoms with van der Waals surface area (Å²) in [5.74, 6) is 0. The van der Waals surface area contributed by atoms with Crippen molar-refractivity contribution in [2.24, 2.45) is 4.36 Å². The average Bonchev–Trinajstić information content (AvgIpc) is 1.86. The first-order valence-electron chi connectivity index (χ1n) is 1.58. The Morgan fingerprint density at radius 3 is 2.83 bits per heavy atom. The lowest BCUT2D eigenvalue weighted by molar-refractivity contribution is 1.68. The van der Waals surface area contributed by atoms with Gasteiger partial charge in [0.15, 0.2) is 0 Å². The molecule has 0 N–H and O–H groups in total. The summed E-state index contributed by atoms with van der Waals surface area (Å²) in [5, 5.41) is 2.02. The molecule has 6 heavy (non-hydrogen) atoms. The molecule has 0 radical (unpaired) electrons. The molecule has 1 aliphatic rings. The summed E-state index contributed by atoms with van der Waals surface area (Å²) in [7, 11) is 2.04. The number of rotatable bonds is 0. The van der Waals surface area contributed by atoms with Crippen molar-refractivity contribution in [3.63, 3.8) is 0 Å². The van der Waals surface area contributed by atoms with Crippen molar-refractivity contribution >= 4 is 20.5 Å². The van der Waals surface area contributed by atoms with Crippen LogP contribution >= 0.6 is 10.8 Å². The maximum absolute atomic E-state index is 4.05. The first-order valence-corrected chi connectivity index (χ1v) is 4.57. The second-order valence-corrected chi connectivity index (χ2v) is 4.46. The molecular formula is C3H5NS2. The second-order valence-electron chi connectivity index (χ2n) is 0.911. The predicted molar refractivity (Wildman–Crippen MR) is 32.4 cm³/mol. The van der Waals surface area contributed by atoms with E-state index in [0.717, 1.165) is 0 Å². The summed E-state index contributed by atoms with van der Waals surface area (Å²) < 4.78 is 4.05. The minimum Gasteiger partial charge on any atom is -0.225 e. The first kappa shape index (κ1) is 4.40. The maximum atomic E-state index is 4.05. The van der Waals surface area contributed by atoms with Crippen LogP contribution in [0.15, 0.2) is 16.0 Å². The van der Waals surface area contributed by atoms with E-state index >= 15 is 0 Å². The maximum Gasteiger partial charge on any atom is 0.0422 e. The van der Waals surface area contributed by atoms with Gasteiger partial charge in [0.25, 0.3) is 0 Å². The molecule has 3 heteroatoms. The Balaban J connectivity index is 2.61. The molecule has 0 aromatic rings. The third kappa shape index (κ3) is 0.849. The Labute approximate surface area is 43.3 Å². The van der Waals surface area contributed by atoms with E-state index in [2.05, 4.69) is 10.6 Å². The van der Waals surface area contributed by atoms with Gasteiger partial charge < -0.3 is 0 Å². The van der Waals surface area contributed by atoms with Crippen molar-refractivity contribution in [3.8, 4) is 0 Å². The van der Waals surface area contributed by atoms with Gasteiger partial charge in [0.1, 0.15) is 0 Å². The summed E-state index contributed by atoms with van der Waals surface area (Å²) >= 11 is 0. The molecule has 0 aromatic heterocycles. The average molecular weight is 119 g/mol. The first-order chi connectivity index (χ1) is 2.89. The fourth-order valence-corrected chi connectivity index (χ4v) is 1.80. The molecule has 0 saturated heterocycles. The van der Waals surface area contributed by atoms with Gasteiger partial charge in [-0.15, -0.1) is 0 Å². The third-order valence-corrected chi connectivity index (χ3v) is 2.82. The van der Waals surface area contributed by atoms with Crippen LogP contribution in [0.5, 0.6) is 0 Å². The van der Waals surface area contributed by atoms with Gasteiger partial charge in [-0.1, -0.05) is 10.8 Å². The van der Waals surface area contributed by atoms with Crippen LogP contribution in [-0.4, -0.2) is 6.26 Å². The van der Waals surface area contributed by atoms with E-state index < -0.39 is 0 Å². The molecule has 0 aromatic carbocycles. The monoisotopic (exact) mass is 119 g/mol. The Kier molecular flexibility index (Phi) is 1.32. The van der Waals surface area contributed by atoms with E-state index in [1.807, 2.05) is 11.6 Å². The van der Waals surface area contributed by atoms with E-state index in [1.165, 1.54) is 0 Å². The molecule has 34 valence electrons. The summed E-state index contributed by atoms with van der Waals surface area (Å²) in [5.41, 5.74) is 0. The highest BCUT2D eigenvalue weighted by molar-refractivity contribution is 8.71. The van der Waals surface area contributed by atoms with Gasteiger partial charge in [0.2, 0.25) is 0 Å². The lowest BCUT2D eigenvalue weighted by Gasteiger charge is -1.78. The molecule has 1 aliphatic heterocycles. The summed E-state index contributed by atoms with van der Waals surface area (Å²) in [6.07, 6.45) is 3.96. The molecule has 1 atom stereocenters. The van der Waals surface area contributed by atoms with Crippen LogP contribution in [0, 0.1) is 0 Å². The van der Waals surface area contributed by atoms with E-state index in [0.29, 0.717) is 0 Å². The molecule has 0 saturated carbocycles. The molecule has 0 bridgehead atoms. The number of nitrogens with zero attached hydrogens (tertiary/aromatic N) is 1. The van der Waals surface area contributed by atoms with Crippen molar-refractivity contribution in [2.45, 2.75) is 0 Å². The van der Waals surface area contributed by atoms with Crippen LogP contribution < -0.4 is 0 Å². The van der Waals surface area contributed by atoms with Gasteiger partial charge in [-0.3, -0.25) is 0 Å². The van der Waals surface area contributed by atoms with Crippen molar-refractivity contribution in [3.05, 3.63) is 11.6 Å². The van der Waals surface area contributed by atoms with Gasteiger partial charge >= 0.3 is 0 Å². The van der Waals surface area contributed by atoms with Gasteiger partial charge in [-0.25, -0.2) is 4.36 Å². The van der Waals surface area contributed by atoms with Crippen LogP contribution in [0.2, 0.25) is 0 Å². The summed E-state index contributed by atoms with van der Waals surface area (Å²) in [6, 6.07) is 0. The van der Waals surface area contributed by atoms with Crippen LogP contribution in [0.1, 0.15) is 0 Å². The van der Waals surface area contributed by atoms with Crippen molar-refractivity contribution in [2.75, 3.05) is 6.26 Å². The number of hydrogen-bond donors (Lipinski definition) is 0. The van der Waals surface area contributed by atoms with E-state index in [-0.39, 0.29) is 9.72 Å². The largest absolute Gasteiger partial charge is 0.225 e. The minimum atomic E-state index is 0.258. The zero-order valence-corrected chi connectivity index (χ0v) is 5.05. The smallest absolute Gasteiger partial charge is 0.0422 e. The van der Waals surface area contributed by atoms with E-state index in [4.69, 9.17) is 0 Å². The highest BCUT2D eigenvalue weighted by atomic mass is 33.1. The zero-order chi connectivity index (χ0) is 4.41. The lowest BCUT2D eigenvalue weighted by Crippen LogP contribution is -1.61. The fraction of sp³-hybridized carbons (Fsp3) is 0.333. The Morgan fingerprint density at radius 2 is 2.67 bits per heavy atom. The van der Waals surface area contributed by atoms with Gasteiger partial charge in [-0.2, -0.15) is 0 Å². The summed E-state index contributed by atoms with van der Waals surface area (Å²) in [4.78, 5) is 0. The van der Waals surface area contributed by atoms with Gasteiger partial charge in [0.05, 0.1) is 0 Å². The molecule has 0 fully saturated rings. The topological polar surface area (TPSA) is 12.4 Å². The van der Waals surface area contributed by atoms with Gasteiger partial charge in [0, 0.05) is 17.9 Å². The Morgan fingerprint density at radius 1 is 1.83 bits per heavy atom. The van der Waals surface area contributed by atoms with Crippen molar-refractivity contribution in [1.29, 1.82) is 0 Å². The Bertz CT molecular complexity index is 105. The molecular weight excluding hydrogens is 114 g/mol. The van der Waals surface area contributed by atoms with Crippen molar-refractivity contribution in [1.82, 2.24) is 0 Å². The lowest BCUT2D eigenvalue weighted by atomic mass is 11.1. The Hall–Kier alpha value is 0.240. The van der Waals surface area contributed by atoms with Crippen molar-refractivity contribution < 1.29 is 0 Å². The molecule has 1 nitrogen and oxygen atoms in total. The molecule has 1 heterocycles. The molecule has 1 rings (SSSR count). The highest BCUT2D eigenvalue weighted by Crippen LogP contribution is 2.15. The third-order valence-electron chi connectivity index (χ3n) is 0.465. The van der Waals surface area contributed by atoms with Gasteiger partial charge in [-0.05, 0) is 9.72 Å². The zero-order valence-electron chi connectivity index (χ0n) is 3.42. The van der Waals surface area contributed by atoms with Crippen LogP contribution in [-0.2, 0) is 9.72 Å². The molecule has 0 amide bonds. The SMILES string of the molecule is CS1=NC=CS1.